The molecule has 0 fully saturated rings. The number of para-hydroxylation sites is 2. The molecule has 1 aliphatic rings. The Kier molecular flexibility index (Phi) is 5.90. The molecule has 0 atom stereocenters. The van der Waals surface area contributed by atoms with Gasteiger partial charge in [-0.25, -0.2) is 0 Å². The molecule has 4 aromatic rings. The summed E-state index contributed by atoms with van der Waals surface area (Å²) in [6, 6.07) is 23.5. The van der Waals surface area contributed by atoms with Crippen molar-refractivity contribution in [3.8, 4) is 17.1 Å². The average Bonchev–Trinajstić information content (AvgIpc) is 3.26. The Labute approximate surface area is 201 Å². The van der Waals surface area contributed by atoms with Crippen LogP contribution < -0.4 is 10.2 Å². The number of fused-ring (bicyclic) bond motifs is 1. The third kappa shape index (κ3) is 4.32. The number of anilines is 2. The number of carbonyl (C=O) groups excluding carboxylic acids is 2. The Hall–Kier alpha value is -3.91. The van der Waals surface area contributed by atoms with Crippen molar-refractivity contribution >= 4 is 35.0 Å². The molecule has 170 valence electrons. The molecule has 34 heavy (non-hydrogen) atoms. The van der Waals surface area contributed by atoms with Gasteiger partial charge in [-0.2, -0.15) is 0 Å². The van der Waals surface area contributed by atoms with E-state index in [-0.39, 0.29) is 24.1 Å². The predicted octanol–water partition coefficient (Wildman–Crippen LogP) is 4.63. The SMILES string of the molecule is Cc1ccc(-n2c(SCC(=O)N3CC(=O)Nc4ccccc43)nnc2-c2cccc(C)c2)cc1. The molecule has 1 aromatic heterocycles. The van der Waals surface area contributed by atoms with E-state index >= 15 is 0 Å². The van der Waals surface area contributed by atoms with Gasteiger partial charge < -0.3 is 10.2 Å². The van der Waals surface area contributed by atoms with E-state index in [1.807, 2.05) is 79.1 Å². The quantitative estimate of drug-likeness (QED) is 0.431. The van der Waals surface area contributed by atoms with E-state index in [0.717, 1.165) is 22.4 Å². The largest absolute Gasteiger partial charge is 0.323 e. The van der Waals surface area contributed by atoms with Crippen molar-refractivity contribution in [1.82, 2.24) is 14.8 Å². The first-order chi connectivity index (χ1) is 16.5. The summed E-state index contributed by atoms with van der Waals surface area (Å²) in [5.74, 6) is 0.467. The molecule has 0 unspecified atom stereocenters. The van der Waals surface area contributed by atoms with Gasteiger partial charge in [0.25, 0.3) is 0 Å². The molecule has 0 spiro atoms. The molecule has 7 nitrogen and oxygen atoms in total. The summed E-state index contributed by atoms with van der Waals surface area (Å²) in [5.41, 5.74) is 5.50. The minimum absolute atomic E-state index is 0.00436. The number of amides is 2. The van der Waals surface area contributed by atoms with E-state index in [4.69, 9.17) is 0 Å². The number of hydrogen-bond donors (Lipinski definition) is 1. The highest BCUT2D eigenvalue weighted by Crippen LogP contribution is 2.32. The van der Waals surface area contributed by atoms with E-state index < -0.39 is 0 Å². The van der Waals surface area contributed by atoms with E-state index in [0.29, 0.717) is 22.4 Å². The van der Waals surface area contributed by atoms with E-state index in [2.05, 4.69) is 21.6 Å². The summed E-state index contributed by atoms with van der Waals surface area (Å²) in [4.78, 5) is 26.8. The Morgan fingerprint density at radius 3 is 2.56 bits per heavy atom. The molecule has 0 radical (unpaired) electrons. The van der Waals surface area contributed by atoms with Crippen LogP contribution in [0.4, 0.5) is 11.4 Å². The van der Waals surface area contributed by atoms with Crippen molar-refractivity contribution in [2.75, 3.05) is 22.5 Å². The molecule has 1 N–H and O–H groups in total. The van der Waals surface area contributed by atoms with Gasteiger partial charge in [-0.1, -0.05) is 65.4 Å². The topological polar surface area (TPSA) is 80.1 Å². The molecule has 8 heteroatoms. The lowest BCUT2D eigenvalue weighted by Crippen LogP contribution is -2.43. The molecule has 5 rings (SSSR count). The van der Waals surface area contributed by atoms with Gasteiger partial charge in [0.15, 0.2) is 11.0 Å². The molecule has 0 bridgehead atoms. The summed E-state index contributed by atoms with van der Waals surface area (Å²) in [5, 5.41) is 12.3. The lowest BCUT2D eigenvalue weighted by atomic mass is 10.1. The van der Waals surface area contributed by atoms with Crippen LogP contribution in [0, 0.1) is 13.8 Å². The van der Waals surface area contributed by atoms with E-state index in [1.165, 1.54) is 16.7 Å². The van der Waals surface area contributed by atoms with Crippen molar-refractivity contribution in [3.05, 3.63) is 83.9 Å². The van der Waals surface area contributed by atoms with Gasteiger partial charge >= 0.3 is 0 Å². The molecule has 2 amide bonds. The van der Waals surface area contributed by atoms with Crippen LogP contribution >= 0.6 is 11.8 Å². The third-order valence-electron chi connectivity index (χ3n) is 5.60. The normalized spacial score (nSPS) is 12.9. The highest BCUT2D eigenvalue weighted by Gasteiger charge is 2.27. The van der Waals surface area contributed by atoms with Crippen molar-refractivity contribution in [3.63, 3.8) is 0 Å². The summed E-state index contributed by atoms with van der Waals surface area (Å²) in [7, 11) is 0. The highest BCUT2D eigenvalue weighted by atomic mass is 32.2. The zero-order chi connectivity index (χ0) is 23.7. The number of aryl methyl sites for hydroxylation is 2. The first kappa shape index (κ1) is 21.9. The minimum atomic E-state index is -0.207. The lowest BCUT2D eigenvalue weighted by Gasteiger charge is -2.29. The van der Waals surface area contributed by atoms with Crippen LogP contribution in [-0.4, -0.2) is 38.9 Å². The maximum atomic E-state index is 13.2. The van der Waals surface area contributed by atoms with Gasteiger partial charge in [-0.05, 0) is 44.2 Å². The number of aromatic nitrogens is 3. The van der Waals surface area contributed by atoms with Crippen LogP contribution in [0.3, 0.4) is 0 Å². The minimum Gasteiger partial charge on any atom is -0.323 e. The molecule has 3 aromatic carbocycles. The highest BCUT2D eigenvalue weighted by molar-refractivity contribution is 7.99. The molecular weight excluding hydrogens is 446 g/mol. The van der Waals surface area contributed by atoms with Crippen LogP contribution in [0.2, 0.25) is 0 Å². The summed E-state index contributed by atoms with van der Waals surface area (Å²) >= 11 is 1.31. The van der Waals surface area contributed by atoms with Crippen molar-refractivity contribution in [2.45, 2.75) is 19.0 Å². The monoisotopic (exact) mass is 469 g/mol. The molecule has 0 saturated carbocycles. The molecule has 2 heterocycles. The van der Waals surface area contributed by atoms with Gasteiger partial charge in [0, 0.05) is 11.3 Å². The Morgan fingerprint density at radius 2 is 1.76 bits per heavy atom. The predicted molar refractivity (Wildman–Crippen MR) is 134 cm³/mol. The fourth-order valence-electron chi connectivity index (χ4n) is 3.92. The van der Waals surface area contributed by atoms with Crippen molar-refractivity contribution < 1.29 is 9.59 Å². The zero-order valence-corrected chi connectivity index (χ0v) is 19.7. The van der Waals surface area contributed by atoms with Crippen LogP contribution in [-0.2, 0) is 9.59 Å². The van der Waals surface area contributed by atoms with E-state index in [1.54, 1.807) is 6.07 Å². The summed E-state index contributed by atoms with van der Waals surface area (Å²) in [6.07, 6.45) is 0. The van der Waals surface area contributed by atoms with E-state index in [9.17, 15) is 9.59 Å². The van der Waals surface area contributed by atoms with Crippen molar-refractivity contribution in [2.24, 2.45) is 0 Å². The number of benzene rings is 3. The zero-order valence-electron chi connectivity index (χ0n) is 18.9. The Morgan fingerprint density at radius 1 is 0.971 bits per heavy atom. The van der Waals surface area contributed by atoms with Crippen LogP contribution in [0.5, 0.6) is 0 Å². The first-order valence-corrected chi connectivity index (χ1v) is 11.9. The van der Waals surface area contributed by atoms with Gasteiger partial charge in [0.1, 0.15) is 6.54 Å². The number of nitrogens with one attached hydrogen (secondary N) is 1. The molecule has 1 aliphatic heterocycles. The Balaban J connectivity index is 1.46. The number of rotatable bonds is 5. The fraction of sp³-hybridized carbons (Fsp3) is 0.154. The smallest absolute Gasteiger partial charge is 0.244 e. The van der Waals surface area contributed by atoms with Crippen LogP contribution in [0.25, 0.3) is 17.1 Å². The summed E-state index contributed by atoms with van der Waals surface area (Å²) < 4.78 is 1.98. The maximum Gasteiger partial charge on any atom is 0.244 e. The maximum absolute atomic E-state index is 13.2. The second kappa shape index (κ2) is 9.15. The van der Waals surface area contributed by atoms with Gasteiger partial charge in [0.05, 0.1) is 17.1 Å². The van der Waals surface area contributed by atoms with Gasteiger partial charge in [-0.3, -0.25) is 14.2 Å². The van der Waals surface area contributed by atoms with Gasteiger partial charge in [-0.15, -0.1) is 10.2 Å². The molecule has 0 saturated heterocycles. The van der Waals surface area contributed by atoms with Crippen molar-refractivity contribution in [1.29, 1.82) is 0 Å². The second-order valence-electron chi connectivity index (χ2n) is 8.18. The van der Waals surface area contributed by atoms with Crippen LogP contribution in [0.1, 0.15) is 11.1 Å². The number of hydrogen-bond acceptors (Lipinski definition) is 5. The second-order valence-corrected chi connectivity index (χ2v) is 9.12. The molecular formula is C26H23N5O2S. The Bertz CT molecular complexity index is 1380. The fourth-order valence-corrected chi connectivity index (χ4v) is 4.75. The molecule has 0 aliphatic carbocycles. The summed E-state index contributed by atoms with van der Waals surface area (Å²) in [6.45, 7) is 4.07. The lowest BCUT2D eigenvalue weighted by molar-refractivity contribution is -0.120. The number of nitrogens with zero attached hydrogens (tertiary/aromatic N) is 4. The standard InChI is InChI=1S/C26H23N5O2S/c1-17-10-12-20(13-11-17)31-25(19-7-5-6-18(2)14-19)28-29-26(31)34-16-24(33)30-15-23(32)27-21-8-3-4-9-22(21)30/h3-14H,15-16H2,1-2H3,(H,27,32). The van der Waals surface area contributed by atoms with Gasteiger partial charge in [0.2, 0.25) is 11.8 Å². The third-order valence-corrected chi connectivity index (χ3v) is 6.51. The first-order valence-electron chi connectivity index (χ1n) is 10.9. The number of carbonyl (C=O) groups is 2. The number of thioether (sulfide) groups is 1. The van der Waals surface area contributed by atoms with Crippen LogP contribution in [0.15, 0.2) is 78.0 Å². The average molecular weight is 470 g/mol.